The van der Waals surface area contributed by atoms with E-state index >= 15 is 0 Å². The molecule has 0 aromatic heterocycles. The number of hydrogen-bond acceptors (Lipinski definition) is 0. The van der Waals surface area contributed by atoms with Crippen LogP contribution in [0.1, 0.15) is 0 Å². The average molecular weight is 422 g/mol. The number of hydrogen-bond donors (Lipinski definition) is 0. The van der Waals surface area contributed by atoms with Crippen molar-refractivity contribution in [2.75, 3.05) is 12.3 Å². The fraction of sp³-hybridized carbons (Fsp3) is 0.182. The van der Waals surface area contributed by atoms with Crippen molar-refractivity contribution < 1.29 is 26.2 Å². The topological polar surface area (TPSA) is 0 Å². The van der Waals surface area contributed by atoms with E-state index in [0.717, 1.165) is 0 Å². The molecule has 0 spiro atoms. The van der Waals surface area contributed by atoms with Gasteiger partial charge in [0.05, 0.1) is 0 Å². The van der Waals surface area contributed by atoms with Gasteiger partial charge in [-0.2, -0.15) is 11.8 Å². The fourth-order valence-corrected chi connectivity index (χ4v) is 5.32. The summed E-state index contributed by atoms with van der Waals surface area (Å²) < 4.78 is 0. The van der Waals surface area contributed by atoms with Crippen LogP contribution in [0, 0.1) is 89.9 Å². The molecule has 2 saturated carbocycles. The molecule has 25 heavy (non-hydrogen) atoms. The van der Waals surface area contributed by atoms with E-state index in [1.807, 2.05) is 64.2 Å². The van der Waals surface area contributed by atoms with Crippen LogP contribution in [0.2, 0.25) is 0 Å². The van der Waals surface area contributed by atoms with Crippen molar-refractivity contribution >= 4 is 21.6 Å². The van der Waals surface area contributed by atoms with E-state index < -0.39 is 0 Å². The zero-order chi connectivity index (χ0) is 16.3. The SMILES string of the molecule is [B].[CH2-]C1CP(c2ccccc2)CC1[CH2-].[CH]1[CH][CH][CH][CH]1.[CH]1[CH][CH][CH][CH]1.[Zr+4]. The molecule has 1 saturated heterocycles. The molecule has 0 nitrogen and oxygen atoms in total. The molecule has 3 aliphatic rings. The van der Waals surface area contributed by atoms with Crippen LogP contribution in [0.5, 0.6) is 0 Å². The van der Waals surface area contributed by atoms with E-state index in [1.165, 1.54) is 17.6 Å². The fourth-order valence-electron chi connectivity index (χ4n) is 2.43. The maximum atomic E-state index is 4.15. The Kier molecular flexibility index (Phi) is 16.0. The van der Waals surface area contributed by atoms with Gasteiger partial charge in [-0.05, 0) is 69.5 Å². The summed E-state index contributed by atoms with van der Waals surface area (Å²) in [7, 11) is 0.0561. The summed E-state index contributed by atoms with van der Waals surface area (Å²) in [6, 6.07) is 10.8. The zero-order valence-electron chi connectivity index (χ0n) is 14.7. The maximum absolute atomic E-state index is 4.15. The smallest absolute Gasteiger partial charge is 0.342 e. The second-order valence-electron chi connectivity index (χ2n) is 5.69. The van der Waals surface area contributed by atoms with E-state index in [-0.39, 0.29) is 42.5 Å². The van der Waals surface area contributed by atoms with E-state index in [0.29, 0.717) is 11.8 Å². The summed E-state index contributed by atoms with van der Waals surface area (Å²) in [6.07, 6.45) is 22.5. The molecule has 3 fully saturated rings. The Labute approximate surface area is 179 Å². The predicted octanol–water partition coefficient (Wildman–Crippen LogP) is 4.37. The Balaban J connectivity index is 0.000000400. The van der Waals surface area contributed by atoms with Gasteiger partial charge in [0.25, 0.3) is 0 Å². The van der Waals surface area contributed by atoms with E-state index in [1.54, 1.807) is 0 Å². The summed E-state index contributed by atoms with van der Waals surface area (Å²) in [5.74, 6) is 1.15. The Bertz CT molecular complexity index is 369. The molecule has 4 rings (SSSR count). The molecule has 0 N–H and O–H groups in total. The van der Waals surface area contributed by atoms with Gasteiger partial charge in [-0.25, -0.2) is 0 Å². The molecular weight excluding hydrogens is 397 g/mol. The third kappa shape index (κ3) is 10.5. The quantitative estimate of drug-likeness (QED) is 0.358. The van der Waals surface area contributed by atoms with Gasteiger partial charge in [0.15, 0.2) is 0 Å². The van der Waals surface area contributed by atoms with Gasteiger partial charge in [-0.3, -0.25) is 0 Å². The van der Waals surface area contributed by atoms with Crippen molar-refractivity contribution in [1.82, 2.24) is 0 Å². The van der Waals surface area contributed by atoms with E-state index in [2.05, 4.69) is 44.2 Å². The largest absolute Gasteiger partial charge is 4.00 e. The van der Waals surface area contributed by atoms with Crippen LogP contribution in [-0.4, -0.2) is 20.7 Å². The maximum Gasteiger partial charge on any atom is 4.00 e. The van der Waals surface area contributed by atoms with Crippen LogP contribution in [-0.2, 0) is 26.2 Å². The van der Waals surface area contributed by atoms with Gasteiger partial charge < -0.3 is 13.8 Å². The number of rotatable bonds is 1. The third-order valence-electron chi connectivity index (χ3n) is 3.81. The first-order valence-electron chi connectivity index (χ1n) is 8.07. The van der Waals surface area contributed by atoms with Gasteiger partial charge in [-0.1, -0.05) is 50.6 Å². The van der Waals surface area contributed by atoms with Gasteiger partial charge in [0.2, 0.25) is 0 Å². The van der Waals surface area contributed by atoms with Crippen LogP contribution in [0.15, 0.2) is 30.3 Å². The second kappa shape index (κ2) is 15.6. The normalized spacial score (nSPS) is 27.0. The van der Waals surface area contributed by atoms with Gasteiger partial charge in [0.1, 0.15) is 0 Å². The summed E-state index contributed by atoms with van der Waals surface area (Å²) >= 11 is 0. The molecule has 1 aromatic carbocycles. The van der Waals surface area contributed by atoms with Crippen LogP contribution in [0.3, 0.4) is 0 Å². The molecule has 3 heteroatoms. The first-order valence-corrected chi connectivity index (χ1v) is 9.78. The molecular formula is C22H25BPZr+2. The molecule has 13 radical (unpaired) electrons. The minimum absolute atomic E-state index is 0. The molecule has 2 atom stereocenters. The van der Waals surface area contributed by atoms with Crippen LogP contribution in [0.4, 0.5) is 0 Å². The molecule has 1 aliphatic heterocycles. The molecule has 2 aliphatic carbocycles. The average Bonchev–Trinajstić information content (AvgIpc) is 3.35. The van der Waals surface area contributed by atoms with Crippen molar-refractivity contribution in [1.29, 1.82) is 0 Å². The Morgan fingerprint density at radius 3 is 1.28 bits per heavy atom. The molecule has 1 heterocycles. The van der Waals surface area contributed by atoms with E-state index in [4.69, 9.17) is 0 Å². The minimum atomic E-state index is 0. The summed E-state index contributed by atoms with van der Waals surface area (Å²) in [6.45, 7) is 8.30. The Morgan fingerprint density at radius 1 is 0.640 bits per heavy atom. The molecule has 2 unspecified atom stereocenters. The molecule has 1 aromatic rings. The van der Waals surface area contributed by atoms with Gasteiger partial charge in [0, 0.05) is 8.41 Å². The molecule has 0 amide bonds. The first kappa shape index (κ1) is 25.6. The van der Waals surface area contributed by atoms with Crippen molar-refractivity contribution in [3.8, 4) is 0 Å². The van der Waals surface area contributed by atoms with E-state index in [9.17, 15) is 0 Å². The Morgan fingerprint density at radius 2 is 0.960 bits per heavy atom. The third-order valence-corrected chi connectivity index (χ3v) is 6.66. The number of benzene rings is 1. The second-order valence-corrected chi connectivity index (χ2v) is 8.01. The summed E-state index contributed by atoms with van der Waals surface area (Å²) in [4.78, 5) is 0. The molecule has 0 bridgehead atoms. The monoisotopic (exact) mass is 421 g/mol. The summed E-state index contributed by atoms with van der Waals surface area (Å²) in [5.41, 5.74) is 0. The summed E-state index contributed by atoms with van der Waals surface area (Å²) in [5, 5.41) is 1.53. The van der Waals surface area contributed by atoms with Crippen LogP contribution in [0.25, 0.3) is 0 Å². The van der Waals surface area contributed by atoms with Crippen molar-refractivity contribution in [3.05, 3.63) is 108 Å². The van der Waals surface area contributed by atoms with Crippen molar-refractivity contribution in [3.63, 3.8) is 0 Å². The Hall–Kier alpha value is 0.598. The zero-order valence-corrected chi connectivity index (χ0v) is 18.0. The van der Waals surface area contributed by atoms with Crippen LogP contribution < -0.4 is 5.30 Å². The first-order chi connectivity index (χ1) is 11.3. The molecule has 123 valence electrons. The van der Waals surface area contributed by atoms with Gasteiger partial charge >= 0.3 is 26.2 Å². The van der Waals surface area contributed by atoms with Crippen LogP contribution >= 0.6 is 7.92 Å². The minimum Gasteiger partial charge on any atom is -0.342 e. The standard InChI is InChI=1S/C12H15P.2C5H5.B.Zr/c1-10-8-13(9-11(10)2)12-6-4-3-5-7-12;2*1-2-4-5-3-1;;/h3-7,10-11H,1-2,8-9H2;2*1-5H;;/q-2;;;;+4. The van der Waals surface area contributed by atoms with Crippen molar-refractivity contribution in [2.24, 2.45) is 11.8 Å². The predicted molar refractivity (Wildman–Crippen MR) is 109 cm³/mol. The van der Waals surface area contributed by atoms with Crippen molar-refractivity contribution in [2.45, 2.75) is 0 Å². The van der Waals surface area contributed by atoms with Gasteiger partial charge in [-0.15, -0.1) is 0 Å².